The summed E-state index contributed by atoms with van der Waals surface area (Å²) in [5.41, 5.74) is 6.66. The van der Waals surface area contributed by atoms with E-state index in [4.69, 9.17) is 28.9 Å². The minimum Gasteiger partial charge on any atom is -0.326 e. The molecule has 0 fully saturated rings. The molecule has 112 valence electrons. The Morgan fingerprint density at radius 1 is 1.14 bits per heavy atom. The molecule has 0 amide bonds. The molecular weight excluding hydrogens is 446 g/mol. The maximum absolute atomic E-state index is 12.5. The van der Waals surface area contributed by atoms with Crippen molar-refractivity contribution in [2.24, 2.45) is 5.73 Å². The fraction of sp³-hybridized carbons (Fsp3) is 0.0769. The minimum atomic E-state index is -3.80. The number of halogens is 3. The highest BCUT2D eigenvalue weighted by Crippen LogP contribution is 2.28. The van der Waals surface area contributed by atoms with Crippen LogP contribution in [0.25, 0.3) is 0 Å². The number of rotatable bonds is 4. The first kappa shape index (κ1) is 16.8. The smallest absolute Gasteiger partial charge is 0.263 e. The van der Waals surface area contributed by atoms with Gasteiger partial charge in [-0.2, -0.15) is 0 Å². The van der Waals surface area contributed by atoms with Crippen LogP contribution in [0.3, 0.4) is 0 Å². The summed E-state index contributed by atoms with van der Waals surface area (Å²) in [6, 6.07) is 9.55. The highest BCUT2D eigenvalue weighted by Gasteiger charge is 2.19. The number of anilines is 1. The molecule has 2 aromatic carbocycles. The third kappa shape index (κ3) is 4.01. The van der Waals surface area contributed by atoms with E-state index in [-0.39, 0.29) is 16.5 Å². The molecule has 4 nitrogen and oxygen atoms in total. The molecule has 0 aromatic heterocycles. The lowest BCUT2D eigenvalue weighted by Gasteiger charge is -2.12. The highest BCUT2D eigenvalue weighted by atomic mass is 127. The highest BCUT2D eigenvalue weighted by molar-refractivity contribution is 14.1. The van der Waals surface area contributed by atoms with E-state index < -0.39 is 10.0 Å². The Morgan fingerprint density at radius 3 is 2.48 bits per heavy atom. The van der Waals surface area contributed by atoms with Gasteiger partial charge in [-0.3, -0.25) is 4.72 Å². The molecule has 0 aliphatic carbocycles. The van der Waals surface area contributed by atoms with E-state index in [1.165, 1.54) is 12.1 Å². The minimum absolute atomic E-state index is 0.00198. The van der Waals surface area contributed by atoms with Gasteiger partial charge >= 0.3 is 0 Å². The van der Waals surface area contributed by atoms with Crippen molar-refractivity contribution in [3.63, 3.8) is 0 Å². The predicted molar refractivity (Wildman–Crippen MR) is 94.3 cm³/mol. The van der Waals surface area contributed by atoms with Gasteiger partial charge in [0.2, 0.25) is 0 Å². The molecule has 2 aromatic rings. The number of nitrogens with two attached hydrogens (primary N) is 1. The van der Waals surface area contributed by atoms with Gasteiger partial charge in [-0.15, -0.1) is 0 Å². The largest absolute Gasteiger partial charge is 0.326 e. The van der Waals surface area contributed by atoms with Gasteiger partial charge in [0.25, 0.3) is 10.0 Å². The Balaban J connectivity index is 2.43. The van der Waals surface area contributed by atoms with E-state index in [9.17, 15) is 8.42 Å². The number of sulfonamides is 1. The molecule has 0 aliphatic heterocycles. The molecule has 0 spiro atoms. The third-order valence-electron chi connectivity index (χ3n) is 2.70. The summed E-state index contributed by atoms with van der Waals surface area (Å²) in [5, 5.41) is 0.675. The van der Waals surface area contributed by atoms with Gasteiger partial charge < -0.3 is 5.73 Å². The Morgan fingerprint density at radius 2 is 1.86 bits per heavy atom. The zero-order valence-corrected chi connectivity index (χ0v) is 15.1. The summed E-state index contributed by atoms with van der Waals surface area (Å²) in [6.45, 7) is 0.234. The number of benzene rings is 2. The topological polar surface area (TPSA) is 72.2 Å². The summed E-state index contributed by atoms with van der Waals surface area (Å²) in [7, 11) is -3.80. The average Bonchev–Trinajstić information content (AvgIpc) is 2.42. The van der Waals surface area contributed by atoms with Gasteiger partial charge in [0.1, 0.15) is 4.90 Å². The molecule has 21 heavy (non-hydrogen) atoms. The molecular formula is C13H11Cl2IN2O2S. The zero-order chi connectivity index (χ0) is 15.6. The molecule has 0 radical (unpaired) electrons. The van der Waals surface area contributed by atoms with Crippen molar-refractivity contribution in [2.75, 3.05) is 4.72 Å². The fourth-order valence-electron chi connectivity index (χ4n) is 1.65. The first-order chi connectivity index (χ1) is 9.83. The maximum Gasteiger partial charge on any atom is 0.263 e. The Kier molecular flexibility index (Phi) is 5.37. The predicted octanol–water partition coefficient (Wildman–Crippen LogP) is 3.86. The maximum atomic E-state index is 12.5. The molecule has 0 saturated heterocycles. The molecule has 0 heterocycles. The second kappa shape index (κ2) is 6.70. The van der Waals surface area contributed by atoms with E-state index in [1.807, 2.05) is 22.6 Å². The fourth-order valence-corrected chi connectivity index (χ4v) is 4.47. The van der Waals surface area contributed by atoms with E-state index in [1.54, 1.807) is 24.3 Å². The lowest BCUT2D eigenvalue weighted by atomic mass is 10.2. The Bertz CT molecular complexity index is 782. The van der Waals surface area contributed by atoms with Gasteiger partial charge in [-0.05, 0) is 58.5 Å². The van der Waals surface area contributed by atoms with Gasteiger partial charge in [0, 0.05) is 15.1 Å². The lowest BCUT2D eigenvalue weighted by Crippen LogP contribution is -2.15. The van der Waals surface area contributed by atoms with E-state index in [0.29, 0.717) is 19.8 Å². The van der Waals surface area contributed by atoms with Crippen molar-refractivity contribution in [2.45, 2.75) is 11.4 Å². The second-order valence-corrected chi connectivity index (χ2v) is 7.86. The van der Waals surface area contributed by atoms with Crippen molar-refractivity contribution in [1.82, 2.24) is 0 Å². The van der Waals surface area contributed by atoms with Gasteiger partial charge in [-0.25, -0.2) is 8.42 Å². The van der Waals surface area contributed by atoms with E-state index in [2.05, 4.69) is 4.72 Å². The Labute approximate surface area is 146 Å². The second-order valence-electron chi connectivity index (χ2n) is 4.20. The third-order valence-corrected chi connectivity index (χ3v) is 5.67. The summed E-state index contributed by atoms with van der Waals surface area (Å²) >= 11 is 13.8. The summed E-state index contributed by atoms with van der Waals surface area (Å²) in [4.78, 5) is -0.00198. The molecule has 0 saturated carbocycles. The van der Waals surface area contributed by atoms with Crippen LogP contribution in [-0.4, -0.2) is 8.42 Å². The van der Waals surface area contributed by atoms with Crippen LogP contribution in [0.1, 0.15) is 5.56 Å². The van der Waals surface area contributed by atoms with Crippen molar-refractivity contribution in [1.29, 1.82) is 0 Å². The van der Waals surface area contributed by atoms with Gasteiger partial charge in [0.05, 0.1) is 10.7 Å². The first-order valence-corrected chi connectivity index (χ1v) is 9.11. The van der Waals surface area contributed by atoms with Crippen molar-refractivity contribution < 1.29 is 8.42 Å². The number of hydrogen-bond acceptors (Lipinski definition) is 3. The van der Waals surface area contributed by atoms with Crippen LogP contribution in [0.5, 0.6) is 0 Å². The standard InChI is InChI=1S/C13H11Cl2IN2O2S/c14-9-2-4-12(11(16)6-9)18-21(19,20)13-5-8(7-17)1-3-10(13)15/h1-6,18H,7,17H2. The van der Waals surface area contributed by atoms with Crippen molar-refractivity contribution in [3.05, 3.63) is 55.6 Å². The number of hydrogen-bond donors (Lipinski definition) is 2. The molecule has 0 bridgehead atoms. The van der Waals surface area contributed by atoms with Crippen molar-refractivity contribution >= 4 is 61.5 Å². The van der Waals surface area contributed by atoms with E-state index >= 15 is 0 Å². The van der Waals surface area contributed by atoms with Crippen LogP contribution >= 0.6 is 45.8 Å². The Hall–Kier alpha value is -0.540. The average molecular weight is 457 g/mol. The summed E-state index contributed by atoms with van der Waals surface area (Å²) in [5.74, 6) is 0. The van der Waals surface area contributed by atoms with Crippen molar-refractivity contribution in [3.8, 4) is 0 Å². The zero-order valence-electron chi connectivity index (χ0n) is 10.6. The normalized spacial score (nSPS) is 11.4. The van der Waals surface area contributed by atoms with Crippen LogP contribution in [-0.2, 0) is 16.6 Å². The van der Waals surface area contributed by atoms with Gasteiger partial charge in [0.15, 0.2) is 0 Å². The summed E-state index contributed by atoms with van der Waals surface area (Å²) in [6.07, 6.45) is 0. The van der Waals surface area contributed by atoms with Crippen LogP contribution in [0, 0.1) is 3.57 Å². The van der Waals surface area contributed by atoms with E-state index in [0.717, 1.165) is 0 Å². The quantitative estimate of drug-likeness (QED) is 0.686. The molecule has 8 heteroatoms. The van der Waals surface area contributed by atoms with Crippen LogP contribution < -0.4 is 10.5 Å². The molecule has 0 atom stereocenters. The van der Waals surface area contributed by atoms with Gasteiger partial charge in [-0.1, -0.05) is 29.3 Å². The number of nitrogens with one attached hydrogen (secondary N) is 1. The first-order valence-electron chi connectivity index (χ1n) is 5.80. The monoisotopic (exact) mass is 456 g/mol. The lowest BCUT2D eigenvalue weighted by molar-refractivity contribution is 0.601. The molecule has 0 aliphatic rings. The summed E-state index contributed by atoms with van der Waals surface area (Å²) < 4.78 is 28.1. The van der Waals surface area contributed by atoms with Crippen LogP contribution in [0.4, 0.5) is 5.69 Å². The molecule has 0 unspecified atom stereocenters. The van der Waals surface area contributed by atoms with Crippen LogP contribution in [0.2, 0.25) is 10.0 Å². The van der Waals surface area contributed by atoms with Crippen LogP contribution in [0.15, 0.2) is 41.3 Å². The molecule has 2 rings (SSSR count). The SMILES string of the molecule is NCc1ccc(Cl)c(S(=O)(=O)Nc2ccc(Cl)cc2I)c1. The molecule has 3 N–H and O–H groups in total.